The highest BCUT2D eigenvalue weighted by atomic mass is 16.5. The minimum absolute atomic E-state index is 0.0448. The molecule has 130 valence electrons. The summed E-state index contributed by atoms with van der Waals surface area (Å²) in [7, 11) is 1.73. The summed E-state index contributed by atoms with van der Waals surface area (Å²) < 4.78 is 7.43. The van der Waals surface area contributed by atoms with Crippen molar-refractivity contribution in [2.45, 2.75) is 31.9 Å². The van der Waals surface area contributed by atoms with Crippen molar-refractivity contribution in [2.75, 3.05) is 20.2 Å². The van der Waals surface area contributed by atoms with Crippen LogP contribution in [0.15, 0.2) is 36.5 Å². The van der Waals surface area contributed by atoms with E-state index in [1.54, 1.807) is 13.2 Å². The van der Waals surface area contributed by atoms with Crippen LogP contribution < -0.4 is 0 Å². The summed E-state index contributed by atoms with van der Waals surface area (Å²) in [5, 5.41) is 9.93. The lowest BCUT2D eigenvalue weighted by molar-refractivity contribution is -0.128. The fourth-order valence-corrected chi connectivity index (χ4v) is 3.34. The van der Waals surface area contributed by atoms with E-state index in [1.807, 2.05) is 41.4 Å². The van der Waals surface area contributed by atoms with Gasteiger partial charge in [0.2, 0.25) is 5.91 Å². The van der Waals surface area contributed by atoms with E-state index >= 15 is 0 Å². The van der Waals surface area contributed by atoms with Crippen molar-refractivity contribution < 1.29 is 9.53 Å². The predicted molar refractivity (Wildman–Crippen MR) is 97.8 cm³/mol. The smallest absolute Gasteiger partial charge is 0.246 e. The average molecular weight is 337 g/mol. The highest BCUT2D eigenvalue weighted by Crippen LogP contribution is 2.23. The standard InChI is InChI=1S/C20H23N3O2/c1-25-17-9-13-22(14-10-17)20(24)8-7-16-15-23(12-4-11-21)19-6-3-2-5-18(16)19/h2-3,5-8,15,17H,4,9-10,12-14H2,1H3/b8-7+. The quantitative estimate of drug-likeness (QED) is 0.787. The molecule has 0 bridgehead atoms. The van der Waals surface area contributed by atoms with Gasteiger partial charge in [0.1, 0.15) is 0 Å². The molecule has 1 fully saturated rings. The van der Waals surface area contributed by atoms with Crippen LogP contribution in [0.3, 0.4) is 0 Å². The molecule has 1 aliphatic heterocycles. The van der Waals surface area contributed by atoms with Crippen molar-refractivity contribution >= 4 is 22.9 Å². The molecule has 0 unspecified atom stereocenters. The topological polar surface area (TPSA) is 58.3 Å². The van der Waals surface area contributed by atoms with E-state index < -0.39 is 0 Å². The zero-order valence-electron chi connectivity index (χ0n) is 14.5. The number of likely N-dealkylation sites (tertiary alicyclic amines) is 1. The van der Waals surface area contributed by atoms with E-state index in [0.717, 1.165) is 42.4 Å². The van der Waals surface area contributed by atoms with E-state index in [1.165, 1.54) is 0 Å². The van der Waals surface area contributed by atoms with Gasteiger partial charge in [-0.2, -0.15) is 5.26 Å². The first kappa shape index (κ1) is 17.2. The molecule has 0 N–H and O–H groups in total. The highest BCUT2D eigenvalue weighted by molar-refractivity contribution is 5.96. The Morgan fingerprint density at radius 3 is 2.84 bits per heavy atom. The van der Waals surface area contributed by atoms with Crippen LogP contribution in [0.5, 0.6) is 0 Å². The molecule has 2 aromatic rings. The Labute approximate surface area is 148 Å². The lowest BCUT2D eigenvalue weighted by Crippen LogP contribution is -2.39. The number of rotatable bonds is 5. The van der Waals surface area contributed by atoms with Crippen LogP contribution in [-0.4, -0.2) is 41.7 Å². The number of aryl methyl sites for hydroxylation is 1. The van der Waals surface area contributed by atoms with Crippen LogP contribution in [-0.2, 0) is 16.1 Å². The Balaban J connectivity index is 1.75. The van der Waals surface area contributed by atoms with Gasteiger partial charge in [-0.25, -0.2) is 0 Å². The first-order chi connectivity index (χ1) is 12.2. The number of nitriles is 1. The van der Waals surface area contributed by atoms with Gasteiger partial charge in [0.15, 0.2) is 0 Å². The number of para-hydroxylation sites is 1. The number of aromatic nitrogens is 1. The van der Waals surface area contributed by atoms with E-state index in [0.29, 0.717) is 13.0 Å². The molecule has 5 heteroatoms. The van der Waals surface area contributed by atoms with Crippen LogP contribution in [0.2, 0.25) is 0 Å². The Bertz CT molecular complexity index is 808. The third-order valence-corrected chi connectivity index (χ3v) is 4.78. The van der Waals surface area contributed by atoms with Crippen LogP contribution in [0.25, 0.3) is 17.0 Å². The fourth-order valence-electron chi connectivity index (χ4n) is 3.34. The first-order valence-electron chi connectivity index (χ1n) is 8.67. The Morgan fingerprint density at radius 1 is 1.36 bits per heavy atom. The first-order valence-corrected chi connectivity index (χ1v) is 8.67. The van der Waals surface area contributed by atoms with Gasteiger partial charge >= 0.3 is 0 Å². The molecule has 1 aliphatic rings. The van der Waals surface area contributed by atoms with E-state index in [2.05, 4.69) is 10.6 Å². The molecular weight excluding hydrogens is 314 g/mol. The van der Waals surface area contributed by atoms with Crippen molar-refractivity contribution in [3.63, 3.8) is 0 Å². The Hall–Kier alpha value is -2.58. The number of carbonyl (C=O) groups is 1. The molecule has 1 aromatic heterocycles. The number of carbonyl (C=O) groups excluding carboxylic acids is 1. The Kier molecular flexibility index (Phi) is 5.52. The molecule has 1 saturated heterocycles. The number of methoxy groups -OCH3 is 1. The molecule has 2 heterocycles. The molecule has 0 saturated carbocycles. The van der Waals surface area contributed by atoms with Crippen molar-refractivity contribution in [1.82, 2.24) is 9.47 Å². The third-order valence-electron chi connectivity index (χ3n) is 4.78. The number of amides is 1. The molecule has 0 aliphatic carbocycles. The minimum Gasteiger partial charge on any atom is -0.381 e. The molecule has 0 atom stereocenters. The van der Waals surface area contributed by atoms with E-state index in [4.69, 9.17) is 10.00 Å². The van der Waals surface area contributed by atoms with Gasteiger partial charge in [0.25, 0.3) is 0 Å². The van der Waals surface area contributed by atoms with Crippen molar-refractivity contribution in [1.29, 1.82) is 5.26 Å². The lowest BCUT2D eigenvalue weighted by atomic mass is 10.1. The predicted octanol–water partition coefficient (Wildman–Crippen LogP) is 3.21. The number of ether oxygens (including phenoxy) is 1. The number of hydrogen-bond acceptors (Lipinski definition) is 3. The highest BCUT2D eigenvalue weighted by Gasteiger charge is 2.21. The van der Waals surface area contributed by atoms with Crippen LogP contribution in [0.4, 0.5) is 0 Å². The van der Waals surface area contributed by atoms with E-state index in [9.17, 15) is 4.79 Å². The molecule has 5 nitrogen and oxygen atoms in total. The second-order valence-corrected chi connectivity index (χ2v) is 6.30. The summed E-state index contributed by atoms with van der Waals surface area (Å²) in [5.41, 5.74) is 2.10. The van der Waals surface area contributed by atoms with Gasteiger partial charge in [-0.05, 0) is 25.0 Å². The van der Waals surface area contributed by atoms with Gasteiger partial charge in [-0.1, -0.05) is 18.2 Å². The SMILES string of the molecule is COC1CCN(C(=O)/C=C/c2cn(CCC#N)c3ccccc23)CC1. The van der Waals surface area contributed by atoms with Crippen molar-refractivity contribution in [3.05, 3.63) is 42.1 Å². The maximum Gasteiger partial charge on any atom is 0.246 e. The van der Waals surface area contributed by atoms with Crippen molar-refractivity contribution in [2.24, 2.45) is 0 Å². The third kappa shape index (κ3) is 3.92. The summed E-state index contributed by atoms with van der Waals surface area (Å²) in [6, 6.07) is 10.3. The molecule has 25 heavy (non-hydrogen) atoms. The normalized spacial score (nSPS) is 15.8. The second kappa shape index (κ2) is 8.00. The molecule has 1 amide bonds. The van der Waals surface area contributed by atoms with Crippen LogP contribution in [0.1, 0.15) is 24.8 Å². The number of hydrogen-bond donors (Lipinski definition) is 0. The molecular formula is C20H23N3O2. The summed E-state index contributed by atoms with van der Waals surface area (Å²) >= 11 is 0. The van der Waals surface area contributed by atoms with E-state index in [-0.39, 0.29) is 12.0 Å². The number of benzene rings is 1. The van der Waals surface area contributed by atoms with Gasteiger partial charge in [-0.3, -0.25) is 4.79 Å². The van der Waals surface area contributed by atoms with Gasteiger partial charge in [0.05, 0.1) is 18.6 Å². The van der Waals surface area contributed by atoms with Crippen LogP contribution in [0, 0.1) is 11.3 Å². The summed E-state index contributed by atoms with van der Waals surface area (Å²) in [4.78, 5) is 14.3. The monoisotopic (exact) mass is 337 g/mol. The maximum absolute atomic E-state index is 12.4. The average Bonchev–Trinajstić information content (AvgIpc) is 3.02. The zero-order chi connectivity index (χ0) is 17.6. The molecule has 0 spiro atoms. The Morgan fingerprint density at radius 2 is 2.12 bits per heavy atom. The summed E-state index contributed by atoms with van der Waals surface area (Å²) in [6.07, 6.45) is 8.08. The zero-order valence-corrected chi connectivity index (χ0v) is 14.5. The number of nitrogens with zero attached hydrogens (tertiary/aromatic N) is 3. The summed E-state index contributed by atoms with van der Waals surface area (Å²) in [5.74, 6) is 0.0448. The number of piperidine rings is 1. The van der Waals surface area contributed by atoms with Gasteiger partial charge < -0.3 is 14.2 Å². The lowest BCUT2D eigenvalue weighted by Gasteiger charge is -2.30. The molecule has 0 radical (unpaired) electrons. The van der Waals surface area contributed by atoms with Crippen LogP contribution >= 0.6 is 0 Å². The minimum atomic E-state index is 0.0448. The molecule has 3 rings (SSSR count). The van der Waals surface area contributed by atoms with Gasteiger partial charge in [-0.15, -0.1) is 0 Å². The number of fused-ring (bicyclic) bond motifs is 1. The van der Waals surface area contributed by atoms with Crippen molar-refractivity contribution in [3.8, 4) is 6.07 Å². The summed E-state index contributed by atoms with van der Waals surface area (Å²) in [6.45, 7) is 2.14. The maximum atomic E-state index is 12.4. The largest absolute Gasteiger partial charge is 0.381 e. The molecule has 1 aromatic carbocycles. The fraction of sp³-hybridized carbons (Fsp3) is 0.400. The second-order valence-electron chi connectivity index (χ2n) is 6.30. The van der Waals surface area contributed by atoms with Gasteiger partial charge in [0, 0.05) is 55.5 Å².